The summed E-state index contributed by atoms with van der Waals surface area (Å²) in [6.07, 6.45) is 4.03. The summed E-state index contributed by atoms with van der Waals surface area (Å²) in [6.45, 7) is 5.19. The number of carbonyl (C=O) groups is 1. The second-order valence-corrected chi connectivity index (χ2v) is 7.88. The smallest absolute Gasteiger partial charge is 0.258 e. The number of para-hydroxylation sites is 1. The molecule has 1 aliphatic rings. The largest absolute Gasteiger partial charge is 0.496 e. The molecule has 0 unspecified atom stereocenters. The van der Waals surface area contributed by atoms with Crippen molar-refractivity contribution >= 4 is 5.91 Å². The number of aromatic nitrogens is 3. The Balaban J connectivity index is 1.55. The summed E-state index contributed by atoms with van der Waals surface area (Å²) in [5.41, 5.74) is 6.05. The van der Waals surface area contributed by atoms with Crippen molar-refractivity contribution in [1.29, 1.82) is 0 Å². The van der Waals surface area contributed by atoms with Crippen molar-refractivity contribution in [2.45, 2.75) is 26.9 Å². The summed E-state index contributed by atoms with van der Waals surface area (Å²) in [4.78, 5) is 15.1. The molecule has 1 aliphatic heterocycles. The Hall–Kier alpha value is -3.80. The van der Waals surface area contributed by atoms with Crippen LogP contribution in [0, 0.1) is 13.8 Å². The second-order valence-electron chi connectivity index (χ2n) is 7.88. The molecule has 0 N–H and O–H groups in total. The van der Waals surface area contributed by atoms with Crippen molar-refractivity contribution in [2.75, 3.05) is 7.11 Å². The molecule has 0 fully saturated rings. The van der Waals surface area contributed by atoms with E-state index in [2.05, 4.69) is 36.6 Å². The zero-order valence-corrected chi connectivity index (χ0v) is 17.9. The molecule has 2 aromatic heterocycles. The van der Waals surface area contributed by atoms with Gasteiger partial charge in [-0.25, -0.2) is 4.68 Å². The predicted molar refractivity (Wildman–Crippen MR) is 119 cm³/mol. The van der Waals surface area contributed by atoms with Gasteiger partial charge in [0.05, 0.1) is 37.1 Å². The van der Waals surface area contributed by atoms with Crippen LogP contribution < -0.4 is 4.74 Å². The number of amides is 1. The van der Waals surface area contributed by atoms with Crippen molar-refractivity contribution in [3.8, 4) is 17.3 Å². The van der Waals surface area contributed by atoms with Crippen LogP contribution in [0.15, 0.2) is 67.0 Å². The zero-order valence-electron chi connectivity index (χ0n) is 17.9. The number of carbonyl (C=O) groups excluding carboxylic acids is 1. The lowest BCUT2D eigenvalue weighted by Gasteiger charge is -2.19. The van der Waals surface area contributed by atoms with Crippen LogP contribution in [0.2, 0.25) is 0 Å². The first kappa shape index (κ1) is 19.2. The number of rotatable bonds is 4. The fourth-order valence-electron chi connectivity index (χ4n) is 4.12. The minimum Gasteiger partial charge on any atom is -0.496 e. The molecule has 6 heteroatoms. The molecule has 6 nitrogen and oxygen atoms in total. The van der Waals surface area contributed by atoms with Crippen molar-refractivity contribution in [2.24, 2.45) is 0 Å². The minimum absolute atomic E-state index is 0.0494. The van der Waals surface area contributed by atoms with Crippen LogP contribution in [0.5, 0.6) is 5.75 Å². The van der Waals surface area contributed by atoms with E-state index in [-0.39, 0.29) is 5.91 Å². The van der Waals surface area contributed by atoms with Crippen LogP contribution in [-0.4, -0.2) is 32.3 Å². The number of fused-ring (bicyclic) bond motifs is 1. The number of methoxy groups -OCH3 is 1. The first-order valence-electron chi connectivity index (χ1n) is 10.3. The number of aryl methyl sites for hydroxylation is 2. The topological polar surface area (TPSA) is 52.3 Å². The quantitative estimate of drug-likeness (QED) is 0.498. The fraction of sp³-hybridized carbons (Fsp3) is 0.200. The molecule has 0 bridgehead atoms. The molecule has 31 heavy (non-hydrogen) atoms. The third-order valence-corrected chi connectivity index (χ3v) is 5.94. The maximum Gasteiger partial charge on any atom is 0.258 e. The standard InChI is InChI=1S/C25H24N4O2/c1-17-10-11-19(14-18(17)2)29-24(27-12-6-7-13-27)21-15-28(16-22(21)26-29)25(30)20-8-4-5-9-23(20)31-3/h4-14H,15-16H2,1-3H3. The van der Waals surface area contributed by atoms with Crippen LogP contribution >= 0.6 is 0 Å². The van der Waals surface area contributed by atoms with Gasteiger partial charge in [-0.15, -0.1) is 0 Å². The second kappa shape index (κ2) is 7.47. The molecule has 4 aromatic rings. The highest BCUT2D eigenvalue weighted by atomic mass is 16.5. The third-order valence-electron chi connectivity index (χ3n) is 5.94. The van der Waals surface area contributed by atoms with Gasteiger partial charge in [-0.1, -0.05) is 18.2 Å². The Kier molecular flexibility index (Phi) is 4.62. The highest BCUT2D eigenvalue weighted by molar-refractivity contribution is 5.97. The van der Waals surface area contributed by atoms with E-state index in [0.717, 1.165) is 22.8 Å². The molecule has 0 spiro atoms. The maximum absolute atomic E-state index is 13.2. The Morgan fingerprint density at radius 1 is 0.968 bits per heavy atom. The van der Waals surface area contributed by atoms with Crippen LogP contribution in [0.3, 0.4) is 0 Å². The number of nitrogens with zero attached hydrogens (tertiary/aromatic N) is 4. The highest BCUT2D eigenvalue weighted by Crippen LogP contribution is 2.32. The summed E-state index contributed by atoms with van der Waals surface area (Å²) in [6, 6.07) is 17.7. The Morgan fingerprint density at radius 3 is 2.48 bits per heavy atom. The average Bonchev–Trinajstić information content (AvgIpc) is 3.51. The molecule has 0 atom stereocenters. The van der Waals surface area contributed by atoms with E-state index in [1.54, 1.807) is 13.2 Å². The van der Waals surface area contributed by atoms with Gasteiger partial charge < -0.3 is 14.2 Å². The van der Waals surface area contributed by atoms with E-state index in [1.807, 2.05) is 52.3 Å². The SMILES string of the molecule is COc1ccccc1C(=O)N1Cc2nn(-c3ccc(C)c(C)c3)c(-n3cccc3)c2C1. The molecule has 3 heterocycles. The lowest BCUT2D eigenvalue weighted by molar-refractivity contribution is 0.0746. The molecule has 1 amide bonds. The van der Waals surface area contributed by atoms with Gasteiger partial charge in [0.2, 0.25) is 0 Å². The summed E-state index contributed by atoms with van der Waals surface area (Å²) in [7, 11) is 1.59. The third kappa shape index (κ3) is 3.20. The molecular formula is C25H24N4O2. The van der Waals surface area contributed by atoms with Gasteiger partial charge in [0.25, 0.3) is 5.91 Å². The highest BCUT2D eigenvalue weighted by Gasteiger charge is 2.32. The monoisotopic (exact) mass is 412 g/mol. The fourth-order valence-corrected chi connectivity index (χ4v) is 4.12. The van der Waals surface area contributed by atoms with Crippen LogP contribution in [-0.2, 0) is 13.1 Å². The number of hydrogen-bond acceptors (Lipinski definition) is 3. The maximum atomic E-state index is 13.2. The molecule has 156 valence electrons. The van der Waals surface area contributed by atoms with E-state index >= 15 is 0 Å². The lowest BCUT2D eigenvalue weighted by Crippen LogP contribution is -2.26. The number of hydrogen-bond donors (Lipinski definition) is 0. The van der Waals surface area contributed by atoms with E-state index in [9.17, 15) is 4.79 Å². The Morgan fingerprint density at radius 2 is 1.74 bits per heavy atom. The van der Waals surface area contributed by atoms with Crippen molar-refractivity contribution in [1.82, 2.24) is 19.2 Å². The zero-order chi connectivity index (χ0) is 21.5. The molecular weight excluding hydrogens is 388 g/mol. The Bertz CT molecular complexity index is 1270. The van der Waals surface area contributed by atoms with Crippen molar-refractivity contribution in [3.63, 3.8) is 0 Å². The van der Waals surface area contributed by atoms with Crippen LogP contribution in [0.1, 0.15) is 32.7 Å². The summed E-state index contributed by atoms with van der Waals surface area (Å²) in [5.74, 6) is 1.51. The molecule has 0 aliphatic carbocycles. The molecule has 5 rings (SSSR count). The van der Waals surface area contributed by atoms with Gasteiger partial charge >= 0.3 is 0 Å². The van der Waals surface area contributed by atoms with Gasteiger partial charge in [0.1, 0.15) is 11.6 Å². The first-order valence-corrected chi connectivity index (χ1v) is 10.3. The summed E-state index contributed by atoms with van der Waals surface area (Å²) < 4.78 is 9.45. The molecule has 0 saturated carbocycles. The van der Waals surface area contributed by atoms with Crippen LogP contribution in [0.4, 0.5) is 0 Å². The number of ether oxygens (including phenoxy) is 1. The Labute approximate surface area is 181 Å². The molecule has 0 radical (unpaired) electrons. The number of benzene rings is 2. The van der Waals surface area contributed by atoms with Gasteiger partial charge in [-0.2, -0.15) is 5.10 Å². The molecule has 2 aromatic carbocycles. The first-order chi connectivity index (χ1) is 15.1. The van der Waals surface area contributed by atoms with Crippen LogP contribution in [0.25, 0.3) is 11.5 Å². The van der Waals surface area contributed by atoms with Gasteiger partial charge in [-0.3, -0.25) is 4.79 Å². The van der Waals surface area contributed by atoms with E-state index in [4.69, 9.17) is 9.84 Å². The molecule has 0 saturated heterocycles. The van der Waals surface area contributed by atoms with E-state index < -0.39 is 0 Å². The normalized spacial score (nSPS) is 12.8. The van der Waals surface area contributed by atoms with Gasteiger partial charge in [0, 0.05) is 18.0 Å². The minimum atomic E-state index is -0.0494. The van der Waals surface area contributed by atoms with Crippen molar-refractivity contribution < 1.29 is 9.53 Å². The predicted octanol–water partition coefficient (Wildman–Crippen LogP) is 4.44. The van der Waals surface area contributed by atoms with E-state index in [1.165, 1.54) is 11.1 Å². The summed E-state index contributed by atoms with van der Waals surface area (Å²) >= 11 is 0. The lowest BCUT2D eigenvalue weighted by atomic mass is 10.1. The van der Waals surface area contributed by atoms with Gasteiger partial charge in [-0.05, 0) is 61.4 Å². The van der Waals surface area contributed by atoms with Crippen molar-refractivity contribution in [3.05, 3.63) is 94.9 Å². The van der Waals surface area contributed by atoms with Gasteiger partial charge in [0.15, 0.2) is 0 Å². The average molecular weight is 412 g/mol. The summed E-state index contributed by atoms with van der Waals surface area (Å²) in [5, 5.41) is 4.93. The van der Waals surface area contributed by atoms with E-state index in [0.29, 0.717) is 24.4 Å².